The van der Waals surface area contributed by atoms with Crippen molar-refractivity contribution in [2.24, 2.45) is 0 Å². The van der Waals surface area contributed by atoms with E-state index in [4.69, 9.17) is 4.74 Å². The summed E-state index contributed by atoms with van der Waals surface area (Å²) in [4.78, 5) is 22.9. The second kappa shape index (κ2) is 6.98. The van der Waals surface area contributed by atoms with Crippen LogP contribution in [-0.4, -0.2) is 16.6 Å². The van der Waals surface area contributed by atoms with Gasteiger partial charge in [-0.3, -0.25) is 10.1 Å². The van der Waals surface area contributed by atoms with Crippen molar-refractivity contribution >= 4 is 11.8 Å². The van der Waals surface area contributed by atoms with Gasteiger partial charge in [-0.05, 0) is 50.3 Å². The molecule has 6 nitrogen and oxygen atoms in total. The molecule has 1 saturated carbocycles. The molecular weight excluding hydrogens is 296 g/mol. The molecule has 0 spiro atoms. The predicted molar refractivity (Wildman–Crippen MR) is 87.8 cm³/mol. The van der Waals surface area contributed by atoms with Gasteiger partial charge in [0, 0.05) is 11.6 Å². The Labute approximate surface area is 136 Å². The normalized spacial score (nSPS) is 16.7. The Bertz CT molecular complexity index is 607. The predicted octanol–water partition coefficient (Wildman–Crippen LogP) is 4.41. The van der Waals surface area contributed by atoms with Crippen molar-refractivity contribution < 1.29 is 14.5 Å². The molecule has 0 unspecified atom stereocenters. The number of hydrogen-bond acceptors (Lipinski definition) is 4. The second-order valence-electron chi connectivity index (χ2n) is 6.37. The smallest absolute Gasteiger partial charge is 0.403 e. The van der Waals surface area contributed by atoms with Crippen molar-refractivity contribution in [3.63, 3.8) is 0 Å². The van der Waals surface area contributed by atoms with E-state index in [2.05, 4.69) is 5.32 Å². The average Bonchev–Trinajstić information content (AvgIpc) is 2.51. The summed E-state index contributed by atoms with van der Waals surface area (Å²) in [5, 5.41) is 14.1. The third-order valence-corrected chi connectivity index (χ3v) is 4.83. The van der Waals surface area contributed by atoms with E-state index in [-0.39, 0.29) is 17.0 Å². The molecular formula is C17H24N2O4. The molecule has 0 aliphatic heterocycles. The molecule has 1 amide bonds. The van der Waals surface area contributed by atoms with Crippen LogP contribution < -0.4 is 10.1 Å². The van der Waals surface area contributed by atoms with Crippen molar-refractivity contribution in [3.05, 3.63) is 33.4 Å². The van der Waals surface area contributed by atoms with Gasteiger partial charge in [0.15, 0.2) is 0 Å². The van der Waals surface area contributed by atoms with Gasteiger partial charge in [-0.2, -0.15) is 0 Å². The fourth-order valence-electron chi connectivity index (χ4n) is 3.14. The maximum absolute atomic E-state index is 12.3. The standard InChI is InChI=1S/C17H24N2O4/c1-4-17(8-6-5-7-9-17)18-16(20)23-15-11-13(3)12(2)10-14(15)19(21)22/h10-11H,4-9H2,1-3H3,(H,18,20). The van der Waals surface area contributed by atoms with Gasteiger partial charge in [-0.25, -0.2) is 4.79 Å². The Morgan fingerprint density at radius 2 is 1.87 bits per heavy atom. The van der Waals surface area contributed by atoms with Crippen LogP contribution in [0.4, 0.5) is 10.5 Å². The van der Waals surface area contributed by atoms with E-state index in [1.165, 1.54) is 12.5 Å². The van der Waals surface area contributed by atoms with Crippen LogP contribution >= 0.6 is 0 Å². The first kappa shape index (κ1) is 17.2. The number of rotatable bonds is 4. The minimum atomic E-state index is -0.611. The van der Waals surface area contributed by atoms with E-state index in [0.717, 1.165) is 43.2 Å². The lowest BCUT2D eigenvalue weighted by Crippen LogP contribution is -2.50. The highest BCUT2D eigenvalue weighted by atomic mass is 16.6. The topological polar surface area (TPSA) is 81.5 Å². The molecule has 1 aliphatic rings. The Hall–Kier alpha value is -2.11. The van der Waals surface area contributed by atoms with Gasteiger partial charge < -0.3 is 10.1 Å². The van der Waals surface area contributed by atoms with Crippen molar-refractivity contribution in [2.75, 3.05) is 0 Å². The number of aryl methyl sites for hydroxylation is 2. The lowest BCUT2D eigenvalue weighted by molar-refractivity contribution is -0.385. The summed E-state index contributed by atoms with van der Waals surface area (Å²) in [5.41, 5.74) is 1.21. The maximum Gasteiger partial charge on any atom is 0.413 e. The molecule has 0 aromatic heterocycles. The van der Waals surface area contributed by atoms with Crippen LogP contribution in [0.15, 0.2) is 12.1 Å². The number of carbonyl (C=O) groups excluding carboxylic acids is 1. The number of amides is 1. The van der Waals surface area contributed by atoms with E-state index in [9.17, 15) is 14.9 Å². The molecule has 1 N–H and O–H groups in total. The van der Waals surface area contributed by atoms with Crippen LogP contribution in [0, 0.1) is 24.0 Å². The first-order valence-corrected chi connectivity index (χ1v) is 8.12. The second-order valence-corrected chi connectivity index (χ2v) is 6.37. The summed E-state index contributed by atoms with van der Waals surface area (Å²) in [6, 6.07) is 2.99. The molecule has 0 atom stereocenters. The quantitative estimate of drug-likeness (QED) is 0.658. The van der Waals surface area contributed by atoms with Crippen molar-refractivity contribution in [1.82, 2.24) is 5.32 Å². The lowest BCUT2D eigenvalue weighted by Gasteiger charge is -2.36. The number of nitrogens with one attached hydrogen (secondary N) is 1. The highest BCUT2D eigenvalue weighted by Gasteiger charge is 2.33. The maximum atomic E-state index is 12.3. The minimum Gasteiger partial charge on any atom is -0.403 e. The average molecular weight is 320 g/mol. The molecule has 0 bridgehead atoms. The Morgan fingerprint density at radius 1 is 1.26 bits per heavy atom. The number of benzene rings is 1. The summed E-state index contributed by atoms with van der Waals surface area (Å²) in [6.07, 6.45) is 5.41. The van der Waals surface area contributed by atoms with Gasteiger partial charge in [0.1, 0.15) is 0 Å². The first-order chi connectivity index (χ1) is 10.9. The molecule has 1 aromatic rings. The molecule has 1 fully saturated rings. The Kier molecular flexibility index (Phi) is 5.23. The number of nitrogens with zero attached hydrogens (tertiary/aromatic N) is 1. The third-order valence-electron chi connectivity index (χ3n) is 4.83. The van der Waals surface area contributed by atoms with E-state index < -0.39 is 11.0 Å². The van der Waals surface area contributed by atoms with Gasteiger partial charge in [0.05, 0.1) is 4.92 Å². The molecule has 1 aromatic carbocycles. The SMILES string of the molecule is CCC1(NC(=O)Oc2cc(C)c(C)cc2[N+](=O)[O-])CCCCC1. The highest BCUT2D eigenvalue weighted by molar-refractivity contribution is 5.73. The first-order valence-electron chi connectivity index (χ1n) is 8.12. The largest absolute Gasteiger partial charge is 0.413 e. The molecule has 1 aliphatic carbocycles. The zero-order chi connectivity index (χ0) is 17.0. The molecule has 0 heterocycles. The molecule has 2 rings (SSSR count). The van der Waals surface area contributed by atoms with Crippen LogP contribution in [0.1, 0.15) is 56.6 Å². The van der Waals surface area contributed by atoms with Crippen LogP contribution in [0.3, 0.4) is 0 Å². The van der Waals surface area contributed by atoms with E-state index in [1.54, 1.807) is 13.0 Å². The molecule has 6 heteroatoms. The number of nitro benzene ring substituents is 1. The summed E-state index contributed by atoms with van der Waals surface area (Å²) < 4.78 is 5.28. The zero-order valence-electron chi connectivity index (χ0n) is 14.0. The number of ether oxygens (including phenoxy) is 1. The summed E-state index contributed by atoms with van der Waals surface area (Å²) in [7, 11) is 0. The van der Waals surface area contributed by atoms with Gasteiger partial charge >= 0.3 is 11.8 Å². The monoisotopic (exact) mass is 320 g/mol. The lowest BCUT2D eigenvalue weighted by atomic mass is 9.80. The summed E-state index contributed by atoms with van der Waals surface area (Å²) in [6.45, 7) is 5.67. The van der Waals surface area contributed by atoms with Crippen LogP contribution in [-0.2, 0) is 0 Å². The van der Waals surface area contributed by atoms with Crippen LogP contribution in [0.5, 0.6) is 5.75 Å². The zero-order valence-corrected chi connectivity index (χ0v) is 14.0. The molecule has 126 valence electrons. The minimum absolute atomic E-state index is 0.00216. The molecule has 0 radical (unpaired) electrons. The van der Waals surface area contributed by atoms with Crippen molar-refractivity contribution in [3.8, 4) is 5.75 Å². The van der Waals surface area contributed by atoms with Crippen molar-refractivity contribution in [1.29, 1.82) is 0 Å². The van der Waals surface area contributed by atoms with E-state index in [0.29, 0.717) is 0 Å². The highest BCUT2D eigenvalue weighted by Crippen LogP contribution is 2.33. The number of hydrogen-bond donors (Lipinski definition) is 1. The fraction of sp³-hybridized carbons (Fsp3) is 0.588. The van der Waals surface area contributed by atoms with Gasteiger partial charge in [0.25, 0.3) is 0 Å². The third kappa shape index (κ3) is 4.00. The number of carbonyl (C=O) groups is 1. The van der Waals surface area contributed by atoms with E-state index in [1.807, 2.05) is 13.8 Å². The molecule has 0 saturated heterocycles. The molecule has 23 heavy (non-hydrogen) atoms. The fourth-order valence-corrected chi connectivity index (χ4v) is 3.14. The van der Waals surface area contributed by atoms with Gasteiger partial charge in [-0.15, -0.1) is 0 Å². The Balaban J connectivity index is 2.16. The summed E-state index contributed by atoms with van der Waals surface area (Å²) >= 11 is 0. The van der Waals surface area contributed by atoms with Gasteiger partial charge in [0.2, 0.25) is 5.75 Å². The van der Waals surface area contributed by atoms with Crippen LogP contribution in [0.25, 0.3) is 0 Å². The Morgan fingerprint density at radius 3 is 2.43 bits per heavy atom. The number of nitro groups is 1. The van der Waals surface area contributed by atoms with Crippen molar-refractivity contribution in [2.45, 2.75) is 64.8 Å². The van der Waals surface area contributed by atoms with Gasteiger partial charge in [-0.1, -0.05) is 26.2 Å². The van der Waals surface area contributed by atoms with Crippen LogP contribution in [0.2, 0.25) is 0 Å². The summed E-state index contributed by atoms with van der Waals surface area (Å²) in [5.74, 6) is -0.00216. The van der Waals surface area contributed by atoms with E-state index >= 15 is 0 Å².